The van der Waals surface area contributed by atoms with E-state index in [1.165, 1.54) is 10.9 Å². The Hall–Kier alpha value is -2.51. The molecule has 3 aromatic rings. The fraction of sp³-hybridized carbons (Fsp3) is 0.286. The largest absolute Gasteiger partial charge is 0.348 e. The summed E-state index contributed by atoms with van der Waals surface area (Å²) in [7, 11) is 3.95. The van der Waals surface area contributed by atoms with E-state index in [1.807, 2.05) is 55.4 Å². The van der Waals surface area contributed by atoms with Crippen LogP contribution < -0.4 is 10.9 Å². The topological polar surface area (TPSA) is 67.2 Å². The minimum absolute atomic E-state index is 0.100. The predicted molar refractivity (Wildman–Crippen MR) is 114 cm³/mol. The molecule has 1 N–H and O–H groups in total. The van der Waals surface area contributed by atoms with Gasteiger partial charge < -0.3 is 10.2 Å². The van der Waals surface area contributed by atoms with Gasteiger partial charge >= 0.3 is 0 Å². The van der Waals surface area contributed by atoms with Crippen LogP contribution in [0.1, 0.15) is 18.0 Å². The van der Waals surface area contributed by atoms with Gasteiger partial charge in [-0.25, -0.2) is 4.98 Å². The summed E-state index contributed by atoms with van der Waals surface area (Å²) in [5.74, 6) is -0.100. The molecule has 1 heterocycles. The van der Waals surface area contributed by atoms with Crippen LogP contribution in [0.25, 0.3) is 10.9 Å². The fourth-order valence-corrected chi connectivity index (χ4v) is 3.42. The maximum atomic E-state index is 12.6. The molecule has 6 nitrogen and oxygen atoms in total. The summed E-state index contributed by atoms with van der Waals surface area (Å²) in [6, 6.07) is 15.2. The smallest absolute Gasteiger partial charge is 0.261 e. The molecule has 1 atom stereocenters. The van der Waals surface area contributed by atoms with E-state index in [4.69, 9.17) is 0 Å². The van der Waals surface area contributed by atoms with Gasteiger partial charge in [0.1, 0.15) is 0 Å². The molecule has 0 aliphatic rings. The van der Waals surface area contributed by atoms with Crippen molar-refractivity contribution in [2.45, 2.75) is 19.0 Å². The summed E-state index contributed by atoms with van der Waals surface area (Å²) < 4.78 is 2.31. The minimum atomic E-state index is -0.146. The van der Waals surface area contributed by atoms with E-state index in [1.54, 1.807) is 12.1 Å². The lowest BCUT2D eigenvalue weighted by Crippen LogP contribution is -2.36. The second-order valence-electron chi connectivity index (χ2n) is 6.95. The Morgan fingerprint density at radius 3 is 2.68 bits per heavy atom. The normalized spacial score (nSPS) is 12.3. The number of carbonyl (C=O) groups excluding carboxylic acids is 1. The average molecular weight is 443 g/mol. The Bertz CT molecular complexity index is 1020. The van der Waals surface area contributed by atoms with Gasteiger partial charge in [0.15, 0.2) is 0 Å². The molecular formula is C21H23BrN4O2. The summed E-state index contributed by atoms with van der Waals surface area (Å²) in [5.41, 5.74) is 1.55. The van der Waals surface area contributed by atoms with Gasteiger partial charge in [-0.3, -0.25) is 14.2 Å². The van der Waals surface area contributed by atoms with Crippen LogP contribution in [-0.2, 0) is 11.3 Å². The number of amides is 1. The van der Waals surface area contributed by atoms with Crippen molar-refractivity contribution < 1.29 is 4.79 Å². The lowest BCUT2D eigenvalue weighted by molar-refractivity contribution is -0.122. The molecule has 7 heteroatoms. The van der Waals surface area contributed by atoms with Crippen LogP contribution in [0.4, 0.5) is 0 Å². The second kappa shape index (κ2) is 9.12. The molecular weight excluding hydrogens is 420 g/mol. The highest BCUT2D eigenvalue weighted by Crippen LogP contribution is 2.15. The van der Waals surface area contributed by atoms with Crippen LogP contribution in [0.15, 0.2) is 64.1 Å². The zero-order valence-corrected chi connectivity index (χ0v) is 17.5. The maximum Gasteiger partial charge on any atom is 0.261 e. The molecule has 0 bridgehead atoms. The standard InChI is InChI=1S/C21H23BrN4O2/c1-25(2)13-19(15-6-4-3-5-7-15)24-20(27)10-11-26-14-23-18-9-8-16(22)12-17(18)21(26)28/h3-9,12,14,19H,10-11,13H2,1-2H3,(H,24,27)/t19-/m1/s1. The number of benzene rings is 2. The van der Waals surface area contributed by atoms with Crippen molar-refractivity contribution >= 4 is 32.7 Å². The predicted octanol–water partition coefficient (Wildman–Crippen LogP) is 2.97. The molecule has 1 amide bonds. The first-order valence-corrected chi connectivity index (χ1v) is 9.87. The molecule has 0 radical (unpaired) electrons. The molecule has 0 fully saturated rings. The minimum Gasteiger partial charge on any atom is -0.348 e. The number of carbonyl (C=O) groups is 1. The van der Waals surface area contributed by atoms with Crippen molar-refractivity contribution in [1.29, 1.82) is 0 Å². The molecule has 0 saturated carbocycles. The molecule has 0 spiro atoms. The number of fused-ring (bicyclic) bond motifs is 1. The Morgan fingerprint density at radius 1 is 1.21 bits per heavy atom. The Labute approximate surface area is 172 Å². The van der Waals surface area contributed by atoms with E-state index < -0.39 is 0 Å². The van der Waals surface area contributed by atoms with Crippen LogP contribution in [0, 0.1) is 0 Å². The van der Waals surface area contributed by atoms with Crippen LogP contribution in [0.5, 0.6) is 0 Å². The second-order valence-corrected chi connectivity index (χ2v) is 7.86. The van der Waals surface area contributed by atoms with Crippen molar-refractivity contribution in [3.63, 3.8) is 0 Å². The van der Waals surface area contributed by atoms with Gasteiger partial charge in [0, 0.05) is 24.0 Å². The molecule has 0 unspecified atom stereocenters. The van der Waals surface area contributed by atoms with E-state index >= 15 is 0 Å². The quantitative estimate of drug-likeness (QED) is 0.610. The SMILES string of the molecule is CN(C)C[C@@H](NC(=O)CCn1cnc2ccc(Br)cc2c1=O)c1ccccc1. The number of hydrogen-bond donors (Lipinski definition) is 1. The van der Waals surface area contributed by atoms with E-state index in [9.17, 15) is 9.59 Å². The monoisotopic (exact) mass is 442 g/mol. The summed E-state index contributed by atoms with van der Waals surface area (Å²) in [5, 5.41) is 3.61. The molecule has 0 saturated heterocycles. The maximum absolute atomic E-state index is 12.6. The number of rotatable bonds is 7. The van der Waals surface area contributed by atoms with Crippen LogP contribution in [-0.4, -0.2) is 41.0 Å². The molecule has 146 valence electrons. The highest BCUT2D eigenvalue weighted by Gasteiger charge is 2.15. The van der Waals surface area contributed by atoms with E-state index in [0.717, 1.165) is 10.0 Å². The number of nitrogens with zero attached hydrogens (tertiary/aromatic N) is 3. The zero-order chi connectivity index (χ0) is 20.1. The zero-order valence-electron chi connectivity index (χ0n) is 15.9. The van der Waals surface area contributed by atoms with Crippen LogP contribution in [0.2, 0.25) is 0 Å². The van der Waals surface area contributed by atoms with Crippen molar-refractivity contribution in [3.8, 4) is 0 Å². The fourth-order valence-electron chi connectivity index (χ4n) is 3.06. The van der Waals surface area contributed by atoms with Crippen LogP contribution in [0.3, 0.4) is 0 Å². The third-order valence-corrected chi connectivity index (χ3v) is 4.94. The molecule has 1 aromatic heterocycles. The van der Waals surface area contributed by atoms with E-state index in [-0.39, 0.29) is 30.5 Å². The van der Waals surface area contributed by atoms with Gasteiger partial charge in [0.2, 0.25) is 5.91 Å². The Kier molecular flexibility index (Phi) is 6.59. The van der Waals surface area contributed by atoms with Crippen molar-refractivity contribution in [1.82, 2.24) is 19.8 Å². The number of hydrogen-bond acceptors (Lipinski definition) is 4. The van der Waals surface area contributed by atoms with Gasteiger partial charge in [0.25, 0.3) is 5.56 Å². The highest BCUT2D eigenvalue weighted by molar-refractivity contribution is 9.10. The molecule has 0 aliphatic carbocycles. The Morgan fingerprint density at radius 2 is 1.96 bits per heavy atom. The van der Waals surface area contributed by atoms with Crippen molar-refractivity contribution in [2.75, 3.05) is 20.6 Å². The van der Waals surface area contributed by atoms with Gasteiger partial charge in [0.05, 0.1) is 23.3 Å². The molecule has 28 heavy (non-hydrogen) atoms. The lowest BCUT2D eigenvalue weighted by Gasteiger charge is -2.23. The summed E-state index contributed by atoms with van der Waals surface area (Å²) in [6.07, 6.45) is 1.71. The number of nitrogens with one attached hydrogen (secondary N) is 1. The first kappa shape index (κ1) is 20.2. The first-order valence-electron chi connectivity index (χ1n) is 9.08. The summed E-state index contributed by atoms with van der Waals surface area (Å²) >= 11 is 3.38. The lowest BCUT2D eigenvalue weighted by atomic mass is 10.1. The number of likely N-dealkylation sites (N-methyl/N-ethyl adjacent to an activating group) is 1. The molecule has 3 rings (SSSR count). The Balaban J connectivity index is 1.70. The summed E-state index contributed by atoms with van der Waals surface area (Å²) in [4.78, 5) is 31.5. The van der Waals surface area contributed by atoms with Crippen molar-refractivity contribution in [3.05, 3.63) is 75.2 Å². The van der Waals surface area contributed by atoms with Gasteiger partial charge in [-0.15, -0.1) is 0 Å². The third kappa shape index (κ3) is 5.05. The van der Waals surface area contributed by atoms with E-state index in [0.29, 0.717) is 17.4 Å². The summed E-state index contributed by atoms with van der Waals surface area (Å²) in [6.45, 7) is 0.977. The molecule has 0 aliphatic heterocycles. The first-order chi connectivity index (χ1) is 13.4. The highest BCUT2D eigenvalue weighted by atomic mass is 79.9. The third-order valence-electron chi connectivity index (χ3n) is 4.45. The van der Waals surface area contributed by atoms with E-state index in [2.05, 4.69) is 26.2 Å². The number of aryl methyl sites for hydroxylation is 1. The van der Waals surface area contributed by atoms with Gasteiger partial charge in [-0.1, -0.05) is 46.3 Å². The molecule has 2 aromatic carbocycles. The van der Waals surface area contributed by atoms with Crippen LogP contribution >= 0.6 is 15.9 Å². The van der Waals surface area contributed by atoms with Crippen molar-refractivity contribution in [2.24, 2.45) is 0 Å². The average Bonchev–Trinajstić information content (AvgIpc) is 2.68. The number of aromatic nitrogens is 2. The van der Waals surface area contributed by atoms with Gasteiger partial charge in [-0.2, -0.15) is 0 Å². The number of halogens is 1. The van der Waals surface area contributed by atoms with Gasteiger partial charge in [-0.05, 0) is 37.9 Å².